The molecular weight excluding hydrogens is 262 g/mol. The molecule has 1 aliphatic carbocycles. The van der Waals surface area contributed by atoms with E-state index in [0.717, 1.165) is 24.1 Å². The molecule has 0 aromatic carbocycles. The van der Waals surface area contributed by atoms with Crippen molar-refractivity contribution in [3.8, 4) is 5.88 Å². The van der Waals surface area contributed by atoms with Gasteiger partial charge in [0.05, 0.1) is 5.56 Å². The number of rotatable bonds is 3. The fraction of sp³-hybridized carbons (Fsp3) is 0.647. The first-order chi connectivity index (χ1) is 9.68. The molecule has 0 bridgehead atoms. The molecule has 21 heavy (non-hydrogen) atoms. The number of nitrogens with one attached hydrogen (secondary N) is 1. The smallest absolute Gasteiger partial charge is 0.225 e. The molecule has 1 fully saturated rings. The summed E-state index contributed by atoms with van der Waals surface area (Å²) in [6, 6.07) is 1.94. The zero-order valence-corrected chi connectivity index (χ0v) is 13.8. The first-order valence-corrected chi connectivity index (χ1v) is 7.67. The number of nitrogen functional groups attached to an aromatic ring is 1. The molecule has 4 heteroatoms. The van der Waals surface area contributed by atoms with Crippen LogP contribution in [0.3, 0.4) is 0 Å². The van der Waals surface area contributed by atoms with Gasteiger partial charge in [-0.15, -0.1) is 0 Å². The van der Waals surface area contributed by atoms with Crippen molar-refractivity contribution in [2.45, 2.75) is 60.0 Å². The summed E-state index contributed by atoms with van der Waals surface area (Å²) in [6.07, 6.45) is 3.43. The van der Waals surface area contributed by atoms with Gasteiger partial charge in [0.1, 0.15) is 11.9 Å². The molecule has 0 aliphatic heterocycles. The summed E-state index contributed by atoms with van der Waals surface area (Å²) in [4.78, 5) is 4.48. The minimum atomic E-state index is 0.0260. The summed E-state index contributed by atoms with van der Waals surface area (Å²) in [6.45, 7) is 10.8. The molecule has 0 saturated heterocycles. The van der Waals surface area contributed by atoms with Gasteiger partial charge < -0.3 is 10.5 Å². The van der Waals surface area contributed by atoms with Crippen LogP contribution >= 0.6 is 0 Å². The Labute approximate surface area is 127 Å². The fourth-order valence-corrected chi connectivity index (χ4v) is 3.72. The van der Waals surface area contributed by atoms with Gasteiger partial charge in [0.25, 0.3) is 0 Å². The molecule has 1 saturated carbocycles. The second-order valence-corrected chi connectivity index (χ2v) is 7.33. The number of pyridine rings is 1. The standard InChI is InChI=1S/C17H27N3O/c1-10-6-13(9-17(4,5)8-10)21-16-14(15(18)19)11(2)7-12(3)20-16/h7,10,13H,6,8-9H2,1-5H3,(H3,18,19). The minimum absolute atomic E-state index is 0.0260. The van der Waals surface area contributed by atoms with Crippen LogP contribution in [0, 0.1) is 30.6 Å². The van der Waals surface area contributed by atoms with Crippen LogP contribution in [-0.2, 0) is 0 Å². The van der Waals surface area contributed by atoms with Gasteiger partial charge in [-0.25, -0.2) is 4.98 Å². The second kappa shape index (κ2) is 5.66. The lowest BCUT2D eigenvalue weighted by Crippen LogP contribution is -2.35. The lowest BCUT2D eigenvalue weighted by Gasteiger charge is -2.38. The molecule has 4 nitrogen and oxygen atoms in total. The summed E-state index contributed by atoms with van der Waals surface area (Å²) >= 11 is 0. The molecule has 1 aromatic rings. The van der Waals surface area contributed by atoms with Crippen molar-refractivity contribution in [1.82, 2.24) is 4.98 Å². The SMILES string of the molecule is Cc1cc(C)c(C(=N)N)c(OC2CC(C)CC(C)(C)C2)n1. The fourth-order valence-electron chi connectivity index (χ4n) is 3.72. The average Bonchev–Trinajstić information content (AvgIpc) is 2.23. The molecule has 3 N–H and O–H groups in total. The van der Waals surface area contributed by atoms with Crippen molar-refractivity contribution in [2.24, 2.45) is 17.1 Å². The minimum Gasteiger partial charge on any atom is -0.474 e. The number of hydrogen-bond acceptors (Lipinski definition) is 3. The van der Waals surface area contributed by atoms with Crippen LogP contribution in [0.15, 0.2) is 6.07 Å². The number of nitrogens with zero attached hydrogens (tertiary/aromatic N) is 1. The largest absolute Gasteiger partial charge is 0.474 e. The Morgan fingerprint density at radius 3 is 2.62 bits per heavy atom. The second-order valence-electron chi connectivity index (χ2n) is 7.33. The Balaban J connectivity index is 2.29. The van der Waals surface area contributed by atoms with Crippen LogP contribution in [0.4, 0.5) is 0 Å². The zero-order valence-electron chi connectivity index (χ0n) is 13.8. The van der Waals surface area contributed by atoms with E-state index < -0.39 is 0 Å². The van der Waals surface area contributed by atoms with Gasteiger partial charge in [-0.1, -0.05) is 20.8 Å². The van der Waals surface area contributed by atoms with Crippen molar-refractivity contribution >= 4 is 5.84 Å². The van der Waals surface area contributed by atoms with Gasteiger partial charge >= 0.3 is 0 Å². The highest BCUT2D eigenvalue weighted by Gasteiger charge is 2.34. The van der Waals surface area contributed by atoms with E-state index in [4.69, 9.17) is 15.9 Å². The maximum absolute atomic E-state index is 7.78. The summed E-state index contributed by atoms with van der Waals surface area (Å²) in [5, 5.41) is 7.78. The number of ether oxygens (including phenoxy) is 1. The predicted molar refractivity (Wildman–Crippen MR) is 85.9 cm³/mol. The number of amidine groups is 1. The molecule has 0 spiro atoms. The molecule has 116 valence electrons. The summed E-state index contributed by atoms with van der Waals surface area (Å²) in [7, 11) is 0. The van der Waals surface area contributed by atoms with E-state index in [1.165, 1.54) is 6.42 Å². The van der Waals surface area contributed by atoms with Crippen LogP contribution < -0.4 is 10.5 Å². The summed E-state index contributed by atoms with van der Waals surface area (Å²) in [5.41, 5.74) is 8.49. The van der Waals surface area contributed by atoms with E-state index in [0.29, 0.717) is 17.4 Å². The highest BCUT2D eigenvalue weighted by molar-refractivity contribution is 5.98. The van der Waals surface area contributed by atoms with Gasteiger partial charge in [0, 0.05) is 5.69 Å². The quantitative estimate of drug-likeness (QED) is 0.660. The van der Waals surface area contributed by atoms with E-state index in [-0.39, 0.29) is 17.4 Å². The highest BCUT2D eigenvalue weighted by Crippen LogP contribution is 2.40. The third kappa shape index (κ3) is 3.74. The Kier molecular flexibility index (Phi) is 4.26. The van der Waals surface area contributed by atoms with Crippen LogP contribution in [0.5, 0.6) is 5.88 Å². The van der Waals surface area contributed by atoms with E-state index in [9.17, 15) is 0 Å². The van der Waals surface area contributed by atoms with Crippen molar-refractivity contribution in [2.75, 3.05) is 0 Å². The summed E-state index contributed by atoms with van der Waals surface area (Å²) in [5.74, 6) is 1.19. The molecule has 1 aromatic heterocycles. The lowest BCUT2D eigenvalue weighted by molar-refractivity contribution is 0.0530. The first-order valence-electron chi connectivity index (χ1n) is 7.67. The number of aryl methyl sites for hydroxylation is 2. The molecular formula is C17H27N3O. The monoisotopic (exact) mass is 289 g/mol. The van der Waals surface area contributed by atoms with E-state index in [2.05, 4.69) is 25.8 Å². The molecule has 0 radical (unpaired) electrons. The Morgan fingerprint density at radius 1 is 1.38 bits per heavy atom. The number of aromatic nitrogens is 1. The van der Waals surface area contributed by atoms with Gasteiger partial charge in [0.15, 0.2) is 0 Å². The van der Waals surface area contributed by atoms with Crippen LogP contribution in [0.1, 0.15) is 56.9 Å². The van der Waals surface area contributed by atoms with Crippen LogP contribution in [-0.4, -0.2) is 16.9 Å². The molecule has 2 atom stereocenters. The van der Waals surface area contributed by atoms with Crippen LogP contribution in [0.2, 0.25) is 0 Å². The van der Waals surface area contributed by atoms with E-state index >= 15 is 0 Å². The maximum Gasteiger partial charge on any atom is 0.225 e. The van der Waals surface area contributed by atoms with Gasteiger partial charge in [-0.05, 0) is 56.1 Å². The molecule has 0 amide bonds. The van der Waals surface area contributed by atoms with Crippen molar-refractivity contribution in [1.29, 1.82) is 5.41 Å². The maximum atomic E-state index is 7.78. The highest BCUT2D eigenvalue weighted by atomic mass is 16.5. The van der Waals surface area contributed by atoms with Crippen molar-refractivity contribution < 1.29 is 4.74 Å². The topological polar surface area (TPSA) is 72.0 Å². The third-order valence-electron chi connectivity index (χ3n) is 4.21. The van der Waals surface area contributed by atoms with Gasteiger partial charge in [-0.2, -0.15) is 0 Å². The first kappa shape index (κ1) is 15.8. The van der Waals surface area contributed by atoms with E-state index in [1.54, 1.807) is 0 Å². The van der Waals surface area contributed by atoms with E-state index in [1.807, 2.05) is 19.9 Å². The number of nitrogens with two attached hydrogens (primary N) is 1. The van der Waals surface area contributed by atoms with Gasteiger partial charge in [-0.3, -0.25) is 5.41 Å². The third-order valence-corrected chi connectivity index (χ3v) is 4.21. The normalized spacial score (nSPS) is 24.6. The zero-order chi connectivity index (χ0) is 15.8. The summed E-state index contributed by atoms with van der Waals surface area (Å²) < 4.78 is 6.18. The molecule has 1 aliphatic rings. The van der Waals surface area contributed by atoms with Crippen molar-refractivity contribution in [3.05, 3.63) is 22.9 Å². The van der Waals surface area contributed by atoms with Crippen molar-refractivity contribution in [3.63, 3.8) is 0 Å². The van der Waals surface area contributed by atoms with Gasteiger partial charge in [0.2, 0.25) is 5.88 Å². The molecule has 2 unspecified atom stereocenters. The Bertz CT molecular complexity index is 551. The lowest BCUT2D eigenvalue weighted by atomic mass is 9.71. The number of hydrogen-bond donors (Lipinski definition) is 2. The van der Waals surface area contributed by atoms with Crippen LogP contribution in [0.25, 0.3) is 0 Å². The Morgan fingerprint density at radius 2 is 2.05 bits per heavy atom. The molecule has 2 rings (SSSR count). The average molecular weight is 289 g/mol. The molecule has 1 heterocycles. The predicted octanol–water partition coefficient (Wildman–Crippen LogP) is 3.58. The Hall–Kier alpha value is -1.58.